The second-order valence-electron chi connectivity index (χ2n) is 5.01. The van der Waals surface area contributed by atoms with Crippen LogP contribution >= 0.6 is 11.3 Å². The minimum atomic E-state index is -3.43. The molecule has 0 atom stereocenters. The molecule has 1 fully saturated rings. The van der Waals surface area contributed by atoms with Crippen LogP contribution in [0.4, 0.5) is 0 Å². The van der Waals surface area contributed by atoms with Gasteiger partial charge in [-0.05, 0) is 45.0 Å². The highest BCUT2D eigenvalue weighted by atomic mass is 32.2. The molecule has 0 radical (unpaired) electrons. The van der Waals surface area contributed by atoms with Crippen LogP contribution in [0.1, 0.15) is 17.7 Å². The fraction of sp³-hybridized carbons (Fsp3) is 0.667. The number of sulfonamides is 1. The average Bonchev–Trinajstić information content (AvgIpc) is 2.88. The van der Waals surface area contributed by atoms with Gasteiger partial charge in [-0.15, -0.1) is 11.3 Å². The molecule has 0 amide bonds. The van der Waals surface area contributed by atoms with Crippen LogP contribution in [0.5, 0.6) is 0 Å². The maximum Gasteiger partial charge on any atom is 0.241 e. The number of nitrogens with zero attached hydrogens (tertiary/aromatic N) is 1. The third-order valence-corrected chi connectivity index (χ3v) is 5.97. The van der Waals surface area contributed by atoms with Gasteiger partial charge in [-0.25, -0.2) is 13.1 Å². The van der Waals surface area contributed by atoms with E-state index in [-0.39, 0.29) is 11.5 Å². The van der Waals surface area contributed by atoms with Crippen molar-refractivity contribution in [1.82, 2.24) is 9.62 Å². The predicted molar refractivity (Wildman–Crippen MR) is 75.7 cm³/mol. The molecule has 0 saturated carbocycles. The second-order valence-corrected chi connectivity index (χ2v) is 7.77. The minimum absolute atomic E-state index is 0.116. The maximum absolute atomic E-state index is 12.1. The molecule has 2 heterocycles. The molecular formula is C12H20N2O3S2. The van der Waals surface area contributed by atoms with E-state index < -0.39 is 10.0 Å². The van der Waals surface area contributed by atoms with Crippen molar-refractivity contribution < 1.29 is 13.5 Å². The van der Waals surface area contributed by atoms with E-state index in [1.165, 1.54) is 17.4 Å². The Morgan fingerprint density at radius 3 is 2.74 bits per heavy atom. The fourth-order valence-corrected chi connectivity index (χ4v) is 4.41. The molecule has 2 N–H and O–H groups in total. The van der Waals surface area contributed by atoms with Gasteiger partial charge in [-0.2, -0.15) is 0 Å². The Labute approximate surface area is 118 Å². The molecule has 0 aromatic carbocycles. The zero-order valence-electron chi connectivity index (χ0n) is 11.0. The highest BCUT2D eigenvalue weighted by Gasteiger charge is 2.21. The molecule has 0 unspecified atom stereocenters. The van der Waals surface area contributed by atoms with Gasteiger partial charge in [0.2, 0.25) is 10.0 Å². The van der Waals surface area contributed by atoms with Crippen LogP contribution in [0.25, 0.3) is 0 Å². The number of hydrogen-bond acceptors (Lipinski definition) is 5. The quantitative estimate of drug-likeness (QED) is 0.846. The van der Waals surface area contributed by atoms with Crippen LogP contribution < -0.4 is 4.72 Å². The molecule has 1 aliphatic rings. The molecule has 2 rings (SSSR count). The lowest BCUT2D eigenvalue weighted by molar-refractivity contribution is 0.220. The van der Waals surface area contributed by atoms with E-state index in [1.807, 2.05) is 0 Å². The molecule has 108 valence electrons. The monoisotopic (exact) mass is 304 g/mol. The molecule has 1 aliphatic heterocycles. The number of aliphatic hydroxyl groups is 1. The summed E-state index contributed by atoms with van der Waals surface area (Å²) in [5.41, 5.74) is 0. The first-order valence-corrected chi connectivity index (χ1v) is 8.74. The summed E-state index contributed by atoms with van der Waals surface area (Å²) in [4.78, 5) is 3.19. The fourth-order valence-electron chi connectivity index (χ4n) is 2.16. The number of rotatable bonds is 5. The zero-order chi connectivity index (χ0) is 13.9. The molecule has 5 nitrogen and oxygen atoms in total. The zero-order valence-corrected chi connectivity index (χ0v) is 12.6. The highest BCUT2D eigenvalue weighted by molar-refractivity contribution is 7.89. The van der Waals surface area contributed by atoms with E-state index >= 15 is 0 Å². The van der Waals surface area contributed by atoms with Crippen molar-refractivity contribution >= 4 is 21.4 Å². The Morgan fingerprint density at radius 2 is 2.16 bits per heavy atom. The number of thiophene rings is 1. The van der Waals surface area contributed by atoms with Crippen LogP contribution in [0, 0.1) is 5.92 Å². The SMILES string of the molecule is CN1CCC(CNS(=O)(=O)c2csc(CO)c2)CC1. The van der Waals surface area contributed by atoms with E-state index in [0.29, 0.717) is 17.3 Å². The lowest BCUT2D eigenvalue weighted by Gasteiger charge is -2.28. The van der Waals surface area contributed by atoms with Gasteiger partial charge in [0.25, 0.3) is 0 Å². The van der Waals surface area contributed by atoms with Gasteiger partial charge in [0.05, 0.1) is 11.5 Å². The summed E-state index contributed by atoms with van der Waals surface area (Å²) < 4.78 is 26.8. The van der Waals surface area contributed by atoms with Gasteiger partial charge in [-0.1, -0.05) is 0 Å². The average molecular weight is 304 g/mol. The topological polar surface area (TPSA) is 69.6 Å². The molecule has 0 aliphatic carbocycles. The van der Waals surface area contributed by atoms with Gasteiger partial charge in [0, 0.05) is 16.8 Å². The highest BCUT2D eigenvalue weighted by Crippen LogP contribution is 2.20. The summed E-state index contributed by atoms with van der Waals surface area (Å²) in [6.45, 7) is 2.44. The van der Waals surface area contributed by atoms with Gasteiger partial charge < -0.3 is 10.0 Å². The Balaban J connectivity index is 1.90. The van der Waals surface area contributed by atoms with Gasteiger partial charge in [-0.3, -0.25) is 0 Å². The molecule has 0 spiro atoms. The Morgan fingerprint density at radius 1 is 1.47 bits per heavy atom. The van der Waals surface area contributed by atoms with Crippen molar-refractivity contribution in [3.05, 3.63) is 16.3 Å². The summed E-state index contributed by atoms with van der Waals surface area (Å²) in [6.07, 6.45) is 2.06. The van der Waals surface area contributed by atoms with Gasteiger partial charge in [0.15, 0.2) is 0 Å². The predicted octanol–water partition coefficient (Wildman–Crippen LogP) is 0.861. The van der Waals surface area contributed by atoms with Crippen molar-refractivity contribution in [3.8, 4) is 0 Å². The van der Waals surface area contributed by atoms with Crippen LogP contribution in [0.2, 0.25) is 0 Å². The Kier molecular flexibility index (Phi) is 4.97. The van der Waals surface area contributed by atoms with Gasteiger partial charge in [0.1, 0.15) is 0 Å². The van der Waals surface area contributed by atoms with Crippen LogP contribution in [0.15, 0.2) is 16.3 Å². The lowest BCUT2D eigenvalue weighted by atomic mass is 9.98. The van der Waals surface area contributed by atoms with Crippen molar-refractivity contribution in [3.63, 3.8) is 0 Å². The molecule has 7 heteroatoms. The minimum Gasteiger partial charge on any atom is -0.391 e. The van der Waals surface area contributed by atoms with E-state index in [4.69, 9.17) is 5.11 Å². The van der Waals surface area contributed by atoms with E-state index in [1.54, 1.807) is 5.38 Å². The standard InChI is InChI=1S/C12H20N2O3S2/c1-14-4-2-10(3-5-14)7-13-19(16,17)12-6-11(8-15)18-9-12/h6,9-10,13,15H,2-5,7-8H2,1H3. The molecule has 1 saturated heterocycles. The van der Waals surface area contributed by atoms with Crippen molar-refractivity contribution in [2.24, 2.45) is 5.92 Å². The first-order valence-electron chi connectivity index (χ1n) is 6.38. The van der Waals surface area contributed by atoms with Gasteiger partial charge >= 0.3 is 0 Å². The third kappa shape index (κ3) is 4.00. The van der Waals surface area contributed by atoms with Crippen molar-refractivity contribution in [2.75, 3.05) is 26.7 Å². The lowest BCUT2D eigenvalue weighted by Crippen LogP contribution is -2.36. The summed E-state index contributed by atoms with van der Waals surface area (Å²) in [5, 5.41) is 10.5. The summed E-state index contributed by atoms with van der Waals surface area (Å²) in [6, 6.07) is 1.53. The third-order valence-electron chi connectivity index (χ3n) is 3.50. The van der Waals surface area contributed by atoms with E-state index in [0.717, 1.165) is 25.9 Å². The maximum atomic E-state index is 12.1. The molecule has 0 bridgehead atoms. The number of likely N-dealkylation sites (tertiary alicyclic amines) is 1. The molecular weight excluding hydrogens is 284 g/mol. The number of aliphatic hydroxyl groups excluding tert-OH is 1. The van der Waals surface area contributed by atoms with Crippen LogP contribution in [-0.4, -0.2) is 45.1 Å². The number of piperidine rings is 1. The van der Waals surface area contributed by atoms with Crippen molar-refractivity contribution in [2.45, 2.75) is 24.3 Å². The Bertz CT molecular complexity index is 505. The van der Waals surface area contributed by atoms with Crippen LogP contribution in [-0.2, 0) is 16.6 Å². The summed E-state index contributed by atoms with van der Waals surface area (Å²) >= 11 is 1.26. The Hall–Kier alpha value is -0.470. The van der Waals surface area contributed by atoms with Crippen molar-refractivity contribution in [1.29, 1.82) is 0 Å². The summed E-state index contributed by atoms with van der Waals surface area (Å²) in [5.74, 6) is 0.418. The number of nitrogens with one attached hydrogen (secondary N) is 1. The largest absolute Gasteiger partial charge is 0.391 e. The molecule has 19 heavy (non-hydrogen) atoms. The summed E-state index contributed by atoms with van der Waals surface area (Å²) in [7, 11) is -1.34. The molecule has 1 aromatic rings. The normalized spacial score (nSPS) is 18.8. The molecule has 1 aromatic heterocycles. The van der Waals surface area contributed by atoms with E-state index in [9.17, 15) is 8.42 Å². The van der Waals surface area contributed by atoms with E-state index in [2.05, 4.69) is 16.7 Å². The number of hydrogen-bond donors (Lipinski definition) is 2. The van der Waals surface area contributed by atoms with Crippen LogP contribution in [0.3, 0.4) is 0 Å². The first-order chi connectivity index (χ1) is 9.01. The second kappa shape index (κ2) is 6.32. The smallest absolute Gasteiger partial charge is 0.241 e. The first kappa shape index (κ1) is 14.9.